The zero-order chi connectivity index (χ0) is 21.6. The lowest BCUT2D eigenvalue weighted by molar-refractivity contribution is 0.191. The van der Waals surface area contributed by atoms with Crippen molar-refractivity contribution in [1.29, 1.82) is 0 Å². The van der Waals surface area contributed by atoms with Gasteiger partial charge in [0.1, 0.15) is 0 Å². The van der Waals surface area contributed by atoms with E-state index in [2.05, 4.69) is 41.8 Å². The van der Waals surface area contributed by atoms with Gasteiger partial charge in [-0.2, -0.15) is 4.31 Å². The lowest BCUT2D eigenvalue weighted by atomic mass is 10.1. The molecule has 0 bridgehead atoms. The first-order valence-electron chi connectivity index (χ1n) is 8.93. The molecule has 0 aromatic heterocycles. The minimum absolute atomic E-state index is 0.322. The molecule has 0 spiro atoms. The van der Waals surface area contributed by atoms with Crippen molar-refractivity contribution in [2.45, 2.75) is 53.4 Å². The minimum atomic E-state index is -5.08. The average Bonchev–Trinajstić information content (AvgIpc) is 2.51. The topological polar surface area (TPSA) is 113 Å². The maximum Gasteiger partial charge on any atom is 0.481 e. The predicted octanol–water partition coefficient (Wildman–Crippen LogP) is 5.74. The molecule has 28 heavy (non-hydrogen) atoms. The molecule has 0 aromatic carbocycles. The molecule has 0 aliphatic carbocycles. The summed E-state index contributed by atoms with van der Waals surface area (Å²) < 4.78 is 29.7. The fourth-order valence-electron chi connectivity index (χ4n) is 2.03. The number of phosphoric ester groups is 1. The Morgan fingerprint density at radius 3 is 2.07 bits per heavy atom. The third kappa shape index (κ3) is 18.3. The fourth-order valence-corrected chi connectivity index (χ4v) is 3.57. The summed E-state index contributed by atoms with van der Waals surface area (Å²) in [5.41, 5.74) is 3.97. The zero-order valence-corrected chi connectivity index (χ0v) is 18.7. The molecule has 1 unspecified atom stereocenters. The van der Waals surface area contributed by atoms with Crippen molar-refractivity contribution in [2.24, 2.45) is 0 Å². The van der Waals surface area contributed by atoms with Crippen molar-refractivity contribution in [3.63, 3.8) is 0 Å². The SMILES string of the molecule is CC(C)=CCCC(C)=CCCC(C)=CC=CC=CCOP(=O)(O)OP(=O)(O)O. The van der Waals surface area contributed by atoms with Crippen LogP contribution in [0.5, 0.6) is 0 Å². The highest BCUT2D eigenvalue weighted by Gasteiger charge is 2.31. The monoisotopic (exact) mass is 434 g/mol. The molecule has 0 radical (unpaired) electrons. The highest BCUT2D eigenvalue weighted by atomic mass is 31.3. The van der Waals surface area contributed by atoms with Crippen molar-refractivity contribution in [1.82, 2.24) is 0 Å². The highest BCUT2D eigenvalue weighted by Crippen LogP contribution is 2.57. The van der Waals surface area contributed by atoms with Crippen LogP contribution in [0.2, 0.25) is 0 Å². The van der Waals surface area contributed by atoms with E-state index in [4.69, 9.17) is 14.7 Å². The maximum absolute atomic E-state index is 11.2. The molecule has 0 aliphatic rings. The molecule has 0 saturated heterocycles. The minimum Gasteiger partial charge on any atom is -0.302 e. The van der Waals surface area contributed by atoms with E-state index in [-0.39, 0.29) is 6.61 Å². The summed E-state index contributed by atoms with van der Waals surface area (Å²) in [6.45, 7) is 8.09. The van der Waals surface area contributed by atoms with Crippen LogP contribution in [0.15, 0.2) is 59.3 Å². The normalized spacial score (nSPS) is 16.0. The standard InChI is InChI=1S/C19H32O7P2/c1-17(2)11-9-13-19(4)15-10-14-18(3)12-7-5-6-8-16-25-28(23,24)26-27(20,21)22/h5-8,11-12,15H,9-10,13-14,16H2,1-4H3,(H,23,24)(H2,20,21,22). The molecule has 1 atom stereocenters. The number of hydrogen-bond donors (Lipinski definition) is 3. The van der Waals surface area contributed by atoms with Gasteiger partial charge in [-0.25, -0.2) is 9.13 Å². The van der Waals surface area contributed by atoms with Crippen molar-refractivity contribution >= 4 is 15.6 Å². The second kappa shape index (κ2) is 14.0. The Morgan fingerprint density at radius 2 is 1.46 bits per heavy atom. The summed E-state index contributed by atoms with van der Waals surface area (Å²) in [6.07, 6.45) is 17.2. The van der Waals surface area contributed by atoms with Crippen molar-refractivity contribution in [3.05, 3.63) is 59.3 Å². The molecule has 0 fully saturated rings. The Kier molecular flexibility index (Phi) is 13.5. The maximum atomic E-state index is 11.2. The molecule has 9 heteroatoms. The number of rotatable bonds is 13. The van der Waals surface area contributed by atoms with Crippen LogP contribution in [-0.2, 0) is 18.0 Å². The molecular weight excluding hydrogens is 402 g/mol. The van der Waals surface area contributed by atoms with Crippen LogP contribution in [-0.4, -0.2) is 21.3 Å². The highest BCUT2D eigenvalue weighted by molar-refractivity contribution is 7.60. The van der Waals surface area contributed by atoms with E-state index in [9.17, 15) is 9.13 Å². The second-order valence-corrected chi connectivity index (χ2v) is 9.40. The Balaban J connectivity index is 4.17. The van der Waals surface area contributed by atoms with Gasteiger partial charge < -0.3 is 14.7 Å². The summed E-state index contributed by atoms with van der Waals surface area (Å²) in [4.78, 5) is 26.0. The van der Waals surface area contributed by atoms with Gasteiger partial charge in [-0.1, -0.05) is 59.3 Å². The summed E-state index contributed by atoms with van der Waals surface area (Å²) >= 11 is 0. The number of phosphoric acid groups is 2. The van der Waals surface area contributed by atoms with Crippen molar-refractivity contribution in [3.8, 4) is 0 Å². The fraction of sp³-hybridized carbons (Fsp3) is 0.474. The Morgan fingerprint density at radius 1 is 0.857 bits per heavy atom. The first kappa shape index (κ1) is 27.0. The van der Waals surface area contributed by atoms with Crippen LogP contribution >= 0.6 is 15.6 Å². The molecular formula is C19H32O7P2. The molecule has 0 heterocycles. The molecule has 0 aliphatic heterocycles. The molecule has 0 aromatic rings. The molecule has 0 saturated carbocycles. The van der Waals surface area contributed by atoms with E-state index >= 15 is 0 Å². The Bertz CT molecular complexity index is 708. The van der Waals surface area contributed by atoms with Crippen LogP contribution in [0, 0.1) is 0 Å². The van der Waals surface area contributed by atoms with Crippen LogP contribution < -0.4 is 0 Å². The van der Waals surface area contributed by atoms with Gasteiger partial charge in [-0.3, -0.25) is 4.52 Å². The third-order valence-corrected chi connectivity index (χ3v) is 5.56. The molecule has 0 amide bonds. The third-order valence-electron chi connectivity index (χ3n) is 3.41. The van der Waals surface area contributed by atoms with Crippen molar-refractivity contribution in [2.75, 3.05) is 6.61 Å². The Hall–Kier alpha value is -1.04. The van der Waals surface area contributed by atoms with Gasteiger partial charge >= 0.3 is 15.6 Å². The van der Waals surface area contributed by atoms with Gasteiger partial charge in [0.2, 0.25) is 0 Å². The average molecular weight is 434 g/mol. The Labute approximate surface area is 168 Å². The summed E-state index contributed by atoms with van der Waals surface area (Å²) in [7, 11) is -9.86. The predicted molar refractivity (Wildman–Crippen MR) is 113 cm³/mol. The zero-order valence-electron chi connectivity index (χ0n) is 16.9. The van der Waals surface area contributed by atoms with Gasteiger partial charge in [0.05, 0.1) is 6.61 Å². The van der Waals surface area contributed by atoms with Gasteiger partial charge in [0, 0.05) is 0 Å². The van der Waals surface area contributed by atoms with Gasteiger partial charge in [-0.05, 0) is 53.4 Å². The van der Waals surface area contributed by atoms with Crippen LogP contribution in [0.4, 0.5) is 0 Å². The first-order valence-corrected chi connectivity index (χ1v) is 12.0. The second-order valence-electron chi connectivity index (χ2n) is 6.57. The smallest absolute Gasteiger partial charge is 0.302 e. The molecule has 7 nitrogen and oxygen atoms in total. The van der Waals surface area contributed by atoms with E-state index in [1.807, 2.05) is 19.1 Å². The van der Waals surface area contributed by atoms with Crippen LogP contribution in [0.25, 0.3) is 0 Å². The molecule has 160 valence electrons. The largest absolute Gasteiger partial charge is 0.481 e. The number of allylic oxidation sites excluding steroid dienone is 9. The number of hydrogen-bond acceptors (Lipinski definition) is 4. The van der Waals surface area contributed by atoms with E-state index in [1.165, 1.54) is 22.8 Å². The van der Waals surface area contributed by atoms with E-state index in [0.29, 0.717) is 0 Å². The molecule has 0 rings (SSSR count). The lowest BCUT2D eigenvalue weighted by Gasteiger charge is -2.10. The summed E-state index contributed by atoms with van der Waals surface area (Å²) in [6, 6.07) is 0. The van der Waals surface area contributed by atoms with Crippen molar-refractivity contribution < 1.29 is 32.6 Å². The van der Waals surface area contributed by atoms with Crippen LogP contribution in [0.1, 0.15) is 53.4 Å². The van der Waals surface area contributed by atoms with E-state index in [1.54, 1.807) is 12.2 Å². The van der Waals surface area contributed by atoms with Gasteiger partial charge in [-0.15, -0.1) is 0 Å². The quantitative estimate of drug-likeness (QED) is 0.192. The summed E-state index contributed by atoms with van der Waals surface area (Å²) in [5, 5.41) is 0. The van der Waals surface area contributed by atoms with E-state index < -0.39 is 15.6 Å². The lowest BCUT2D eigenvalue weighted by Crippen LogP contribution is -1.93. The van der Waals surface area contributed by atoms with Gasteiger partial charge in [0.25, 0.3) is 0 Å². The van der Waals surface area contributed by atoms with E-state index in [0.717, 1.165) is 25.7 Å². The molecule has 3 N–H and O–H groups in total. The first-order chi connectivity index (χ1) is 12.9. The van der Waals surface area contributed by atoms with Gasteiger partial charge in [0.15, 0.2) is 0 Å². The summed E-state index contributed by atoms with van der Waals surface area (Å²) in [5.74, 6) is 0. The van der Waals surface area contributed by atoms with Crippen LogP contribution in [0.3, 0.4) is 0 Å².